The summed E-state index contributed by atoms with van der Waals surface area (Å²) in [6, 6.07) is 20.7. The number of halogens is 1. The fourth-order valence-electron chi connectivity index (χ4n) is 4.04. The zero-order valence-electron chi connectivity index (χ0n) is 17.0. The number of aryl methyl sites for hydroxylation is 1. The lowest BCUT2D eigenvalue weighted by atomic mass is 9.98. The molecule has 1 aliphatic rings. The highest BCUT2D eigenvalue weighted by Crippen LogP contribution is 2.44. The lowest BCUT2D eigenvalue weighted by Gasteiger charge is -2.19. The average Bonchev–Trinajstić information content (AvgIpc) is 3.07. The molecule has 5 nitrogen and oxygen atoms in total. The van der Waals surface area contributed by atoms with Crippen molar-refractivity contribution in [3.63, 3.8) is 0 Å². The molecule has 0 unspecified atom stereocenters. The van der Waals surface area contributed by atoms with Crippen molar-refractivity contribution in [2.75, 3.05) is 6.61 Å². The second-order valence-corrected chi connectivity index (χ2v) is 8.04. The third kappa shape index (κ3) is 4.42. The van der Waals surface area contributed by atoms with Gasteiger partial charge in [-0.05, 0) is 46.4 Å². The van der Waals surface area contributed by atoms with Gasteiger partial charge >= 0.3 is 12.1 Å². The molecular formula is C25H22ClNO4. The summed E-state index contributed by atoms with van der Waals surface area (Å²) in [5.41, 5.74) is 6.01. The normalized spacial score (nSPS) is 13.2. The number of rotatable bonds is 6. The summed E-state index contributed by atoms with van der Waals surface area (Å²) < 4.78 is 5.55. The molecule has 31 heavy (non-hydrogen) atoms. The first-order valence-corrected chi connectivity index (χ1v) is 10.4. The van der Waals surface area contributed by atoms with Crippen LogP contribution in [0, 0.1) is 6.92 Å². The molecule has 3 aromatic rings. The second kappa shape index (κ2) is 8.82. The van der Waals surface area contributed by atoms with Gasteiger partial charge in [-0.3, -0.25) is 4.79 Å². The summed E-state index contributed by atoms with van der Waals surface area (Å²) >= 11 is 6.18. The van der Waals surface area contributed by atoms with Crippen LogP contribution >= 0.6 is 11.6 Å². The Morgan fingerprint density at radius 2 is 1.65 bits per heavy atom. The van der Waals surface area contributed by atoms with Crippen molar-refractivity contribution < 1.29 is 19.4 Å². The van der Waals surface area contributed by atoms with Crippen LogP contribution in [0.25, 0.3) is 11.1 Å². The molecule has 3 aromatic carbocycles. The van der Waals surface area contributed by atoms with Crippen LogP contribution in [0.5, 0.6) is 0 Å². The van der Waals surface area contributed by atoms with E-state index in [1.54, 1.807) is 18.2 Å². The standard InChI is InChI=1S/C25H22ClNO4/c1-15-10-11-16(12-22(15)26)23(13-24(28)29)27-25(30)31-14-21-19-8-4-2-6-17(19)18-7-3-5-9-20(18)21/h2-12,21,23H,13-14H2,1H3,(H,27,30)(H,28,29)/t23-/m0/s1. The second-order valence-electron chi connectivity index (χ2n) is 7.63. The maximum absolute atomic E-state index is 12.6. The molecule has 0 heterocycles. The molecule has 0 aliphatic heterocycles. The minimum absolute atomic E-state index is 0.0649. The van der Waals surface area contributed by atoms with Crippen molar-refractivity contribution in [2.24, 2.45) is 0 Å². The van der Waals surface area contributed by atoms with Crippen LogP contribution in [-0.2, 0) is 9.53 Å². The summed E-state index contributed by atoms with van der Waals surface area (Å²) in [4.78, 5) is 23.9. The molecule has 0 radical (unpaired) electrons. The molecule has 6 heteroatoms. The maximum atomic E-state index is 12.6. The van der Waals surface area contributed by atoms with Gasteiger partial charge in [-0.15, -0.1) is 0 Å². The highest BCUT2D eigenvalue weighted by Gasteiger charge is 2.29. The van der Waals surface area contributed by atoms with Gasteiger partial charge in [0.05, 0.1) is 12.5 Å². The first kappa shape index (κ1) is 20.9. The number of fused-ring (bicyclic) bond motifs is 3. The van der Waals surface area contributed by atoms with Crippen molar-refractivity contribution in [1.29, 1.82) is 0 Å². The number of carbonyl (C=O) groups is 2. The van der Waals surface area contributed by atoms with Crippen molar-refractivity contribution in [3.05, 3.63) is 94.0 Å². The van der Waals surface area contributed by atoms with Crippen LogP contribution in [0.3, 0.4) is 0 Å². The first-order valence-electron chi connectivity index (χ1n) is 10.0. The molecule has 0 saturated heterocycles. The Morgan fingerprint density at radius 3 is 2.23 bits per heavy atom. The van der Waals surface area contributed by atoms with Gasteiger partial charge in [0.1, 0.15) is 6.61 Å². The lowest BCUT2D eigenvalue weighted by Crippen LogP contribution is -2.31. The van der Waals surface area contributed by atoms with E-state index in [0.717, 1.165) is 27.8 Å². The van der Waals surface area contributed by atoms with Gasteiger partial charge in [0.2, 0.25) is 0 Å². The number of benzene rings is 3. The van der Waals surface area contributed by atoms with Crippen LogP contribution in [0.1, 0.15) is 40.6 Å². The van der Waals surface area contributed by atoms with E-state index in [0.29, 0.717) is 10.6 Å². The molecule has 2 N–H and O–H groups in total. The monoisotopic (exact) mass is 435 g/mol. The van der Waals surface area contributed by atoms with Crippen LogP contribution in [0.15, 0.2) is 66.7 Å². The highest BCUT2D eigenvalue weighted by atomic mass is 35.5. The molecule has 158 valence electrons. The predicted octanol–water partition coefficient (Wildman–Crippen LogP) is 5.70. The van der Waals surface area contributed by atoms with E-state index in [1.807, 2.05) is 43.3 Å². The number of alkyl carbamates (subject to hydrolysis) is 1. The van der Waals surface area contributed by atoms with Crippen LogP contribution in [-0.4, -0.2) is 23.8 Å². The molecule has 0 aromatic heterocycles. The van der Waals surface area contributed by atoms with Gasteiger partial charge in [0.25, 0.3) is 0 Å². The summed E-state index contributed by atoms with van der Waals surface area (Å²) in [6.45, 7) is 2.02. The van der Waals surface area contributed by atoms with E-state index in [4.69, 9.17) is 16.3 Å². The van der Waals surface area contributed by atoms with Crippen LogP contribution in [0.4, 0.5) is 4.79 Å². The van der Waals surface area contributed by atoms with Crippen LogP contribution in [0.2, 0.25) is 5.02 Å². The Bertz CT molecular complexity index is 1100. The van der Waals surface area contributed by atoms with Gasteiger partial charge < -0.3 is 15.2 Å². The van der Waals surface area contributed by atoms with E-state index in [1.165, 1.54) is 0 Å². The number of ether oxygens (including phenoxy) is 1. The van der Waals surface area contributed by atoms with Crippen molar-refractivity contribution >= 4 is 23.7 Å². The number of carboxylic acid groups (broad SMARTS) is 1. The third-order valence-corrected chi connectivity index (χ3v) is 6.02. The molecule has 1 aliphatic carbocycles. The summed E-state index contributed by atoms with van der Waals surface area (Å²) in [7, 11) is 0. The Kier molecular flexibility index (Phi) is 5.96. The molecule has 1 atom stereocenters. The Morgan fingerprint density at radius 1 is 1.03 bits per heavy atom. The number of aliphatic carboxylic acids is 1. The summed E-state index contributed by atoms with van der Waals surface area (Å²) in [5.74, 6) is -1.09. The molecule has 4 rings (SSSR count). The summed E-state index contributed by atoms with van der Waals surface area (Å²) in [6.07, 6.45) is -0.936. The van der Waals surface area contributed by atoms with E-state index in [9.17, 15) is 14.7 Å². The Hall–Kier alpha value is -3.31. The Balaban J connectivity index is 1.49. The number of hydrogen-bond donors (Lipinski definition) is 2. The summed E-state index contributed by atoms with van der Waals surface area (Å²) in [5, 5.41) is 12.5. The lowest BCUT2D eigenvalue weighted by molar-refractivity contribution is -0.137. The van der Waals surface area contributed by atoms with E-state index < -0.39 is 18.1 Å². The molecule has 0 spiro atoms. The van der Waals surface area contributed by atoms with E-state index in [2.05, 4.69) is 17.4 Å². The zero-order valence-corrected chi connectivity index (χ0v) is 17.7. The minimum atomic E-state index is -1.03. The topological polar surface area (TPSA) is 75.6 Å². The number of amides is 1. The number of nitrogens with one attached hydrogen (secondary N) is 1. The van der Waals surface area contributed by atoms with Gasteiger partial charge in [-0.2, -0.15) is 0 Å². The largest absolute Gasteiger partial charge is 0.481 e. The van der Waals surface area contributed by atoms with Gasteiger partial charge in [0, 0.05) is 10.9 Å². The SMILES string of the molecule is Cc1ccc([C@H](CC(=O)O)NC(=O)OCC2c3ccccc3-c3ccccc32)cc1Cl. The van der Waals surface area contributed by atoms with Gasteiger partial charge in [-0.25, -0.2) is 4.79 Å². The number of hydrogen-bond acceptors (Lipinski definition) is 3. The van der Waals surface area contributed by atoms with E-state index in [-0.39, 0.29) is 18.9 Å². The quantitative estimate of drug-likeness (QED) is 0.520. The minimum Gasteiger partial charge on any atom is -0.481 e. The fraction of sp³-hybridized carbons (Fsp3) is 0.200. The zero-order chi connectivity index (χ0) is 22.0. The smallest absolute Gasteiger partial charge is 0.407 e. The predicted molar refractivity (Wildman–Crippen MR) is 119 cm³/mol. The molecule has 0 fully saturated rings. The number of carbonyl (C=O) groups excluding carboxylic acids is 1. The maximum Gasteiger partial charge on any atom is 0.407 e. The first-order chi connectivity index (χ1) is 14.9. The highest BCUT2D eigenvalue weighted by molar-refractivity contribution is 6.31. The van der Waals surface area contributed by atoms with Gasteiger partial charge in [0.15, 0.2) is 0 Å². The van der Waals surface area contributed by atoms with Crippen molar-refractivity contribution in [3.8, 4) is 11.1 Å². The number of carboxylic acids is 1. The third-order valence-electron chi connectivity index (χ3n) is 5.61. The Labute approximate surface area is 185 Å². The van der Waals surface area contributed by atoms with Crippen molar-refractivity contribution in [2.45, 2.75) is 25.3 Å². The molecule has 0 saturated carbocycles. The molecule has 1 amide bonds. The average molecular weight is 436 g/mol. The fourth-order valence-corrected chi connectivity index (χ4v) is 4.22. The molecule has 0 bridgehead atoms. The molecular weight excluding hydrogens is 414 g/mol. The van der Waals surface area contributed by atoms with Crippen molar-refractivity contribution in [1.82, 2.24) is 5.32 Å². The van der Waals surface area contributed by atoms with E-state index >= 15 is 0 Å². The van der Waals surface area contributed by atoms with Gasteiger partial charge in [-0.1, -0.05) is 72.3 Å². The van der Waals surface area contributed by atoms with Crippen LogP contribution < -0.4 is 5.32 Å².